The van der Waals surface area contributed by atoms with Gasteiger partial charge in [-0.15, -0.1) is 0 Å². The summed E-state index contributed by atoms with van der Waals surface area (Å²) in [6.07, 6.45) is 13.1. The van der Waals surface area contributed by atoms with Gasteiger partial charge in [-0.05, 0) is 99.3 Å². The van der Waals surface area contributed by atoms with Crippen LogP contribution >= 0.6 is 0 Å². The largest absolute Gasteiger partial charge is 0.369 e. The molecule has 4 aromatic heterocycles. The van der Waals surface area contributed by atoms with Crippen LogP contribution < -0.4 is 20.4 Å². The Morgan fingerprint density at radius 3 is 1.83 bits per heavy atom. The second-order valence-corrected chi connectivity index (χ2v) is 15.9. The number of fused-ring (bicyclic) bond motifs is 2. The molecule has 13 nitrogen and oxygen atoms in total. The molecule has 13 heteroatoms. The topological polar surface area (TPSA) is 116 Å². The molecule has 2 saturated heterocycles. The predicted octanol–water partition coefficient (Wildman–Crippen LogP) is 8.03. The molecule has 304 valence electrons. The van der Waals surface area contributed by atoms with Crippen LogP contribution in [0.2, 0.25) is 0 Å². The van der Waals surface area contributed by atoms with Crippen LogP contribution in [0.1, 0.15) is 71.0 Å². The fraction of sp³-hybridized carbons (Fsp3) is 0.444. The summed E-state index contributed by atoms with van der Waals surface area (Å²) in [6.45, 7) is 15.7. The zero-order valence-electron chi connectivity index (χ0n) is 34.7. The number of amides is 1. The molecule has 8 rings (SSSR count). The smallest absolute Gasteiger partial charge is 0.229 e. The van der Waals surface area contributed by atoms with Crippen molar-refractivity contribution in [3.05, 3.63) is 84.9 Å². The van der Waals surface area contributed by atoms with E-state index in [1.165, 1.54) is 11.3 Å². The number of aryl methyl sites for hydroxylation is 1. The van der Waals surface area contributed by atoms with Gasteiger partial charge in [-0.3, -0.25) is 4.79 Å². The molecule has 2 aromatic carbocycles. The van der Waals surface area contributed by atoms with Gasteiger partial charge in [0.05, 0.1) is 0 Å². The minimum absolute atomic E-state index is 0.143. The van der Waals surface area contributed by atoms with Crippen molar-refractivity contribution in [1.29, 1.82) is 0 Å². The summed E-state index contributed by atoms with van der Waals surface area (Å²) < 4.78 is 4.63. The van der Waals surface area contributed by atoms with E-state index in [0.29, 0.717) is 17.9 Å². The lowest BCUT2D eigenvalue weighted by atomic mass is 10.0. The Labute approximate surface area is 342 Å². The second-order valence-electron chi connectivity index (χ2n) is 15.9. The number of anilines is 6. The number of aromatic nitrogens is 6. The number of rotatable bonds is 14. The van der Waals surface area contributed by atoms with Gasteiger partial charge in [0, 0.05) is 130 Å². The highest BCUT2D eigenvalue weighted by molar-refractivity contribution is 5.78. The van der Waals surface area contributed by atoms with E-state index >= 15 is 0 Å². The Hall–Kier alpha value is -5.69. The van der Waals surface area contributed by atoms with Crippen molar-refractivity contribution in [2.75, 3.05) is 79.8 Å². The first-order chi connectivity index (χ1) is 28.3. The molecular weight excluding hydrogens is 725 g/mol. The molecule has 2 fully saturated rings. The maximum Gasteiger partial charge on any atom is 0.229 e. The number of hydrogen-bond donors (Lipinski definition) is 2. The Kier molecular flexibility index (Phi) is 11.8. The number of nitrogens with one attached hydrogen (secondary N) is 2. The molecule has 0 bridgehead atoms. The van der Waals surface area contributed by atoms with Crippen molar-refractivity contribution < 1.29 is 4.79 Å². The van der Waals surface area contributed by atoms with E-state index in [9.17, 15) is 4.79 Å². The van der Waals surface area contributed by atoms with Gasteiger partial charge in [-0.1, -0.05) is 20.8 Å². The van der Waals surface area contributed by atoms with Crippen molar-refractivity contribution in [3.63, 3.8) is 0 Å². The number of benzene rings is 2. The number of carbonyl (C=O) groups excluding carboxylic acids is 1. The summed E-state index contributed by atoms with van der Waals surface area (Å²) in [6, 6.07) is 20.1. The minimum atomic E-state index is 0.143. The summed E-state index contributed by atoms with van der Waals surface area (Å²) in [5.74, 6) is 1.34. The summed E-state index contributed by atoms with van der Waals surface area (Å²) in [4.78, 5) is 40.4. The molecule has 6 aromatic rings. The van der Waals surface area contributed by atoms with E-state index in [0.717, 1.165) is 124 Å². The molecule has 2 aliphatic heterocycles. The maximum atomic E-state index is 11.8. The highest BCUT2D eigenvalue weighted by Crippen LogP contribution is 2.32. The molecule has 1 unspecified atom stereocenters. The van der Waals surface area contributed by atoms with Gasteiger partial charge in [-0.25, -0.2) is 9.97 Å². The van der Waals surface area contributed by atoms with E-state index in [-0.39, 0.29) is 11.9 Å². The van der Waals surface area contributed by atoms with Crippen LogP contribution in [0.4, 0.5) is 34.6 Å². The fourth-order valence-electron chi connectivity index (χ4n) is 8.58. The molecule has 0 spiro atoms. The van der Waals surface area contributed by atoms with Gasteiger partial charge in [0.1, 0.15) is 11.3 Å². The van der Waals surface area contributed by atoms with E-state index in [2.05, 4.69) is 134 Å². The number of piperazine rings is 2. The van der Waals surface area contributed by atoms with Crippen molar-refractivity contribution >= 4 is 62.6 Å². The molecular formula is C45H58N12O. The molecule has 1 atom stereocenters. The third-order valence-corrected chi connectivity index (χ3v) is 12.3. The summed E-state index contributed by atoms with van der Waals surface area (Å²) in [7, 11) is 2.20. The van der Waals surface area contributed by atoms with Gasteiger partial charge in [0.15, 0.2) is 0 Å². The van der Waals surface area contributed by atoms with Crippen LogP contribution in [0.25, 0.3) is 22.1 Å². The lowest BCUT2D eigenvalue weighted by molar-refractivity contribution is -0.129. The first kappa shape index (κ1) is 39.2. The van der Waals surface area contributed by atoms with E-state index < -0.39 is 0 Å². The molecule has 6 heterocycles. The molecule has 0 saturated carbocycles. The molecule has 58 heavy (non-hydrogen) atoms. The van der Waals surface area contributed by atoms with Crippen molar-refractivity contribution in [3.8, 4) is 0 Å². The standard InChI is InChI=1S/C45H58N12O/c1-6-37(7-2)56-19-17-34-31-47-45(51-42(34)56)49-41-16-15-40(55-23-21-52(5)22-24-55)29-33(41)9-12-38(8-3)57-20-18-35-30-46-44(50-43(35)57)48-36-10-13-39(14-11-36)54-27-25-53(26-28-54)32(4)58/h10-11,13-20,29-31,37-38H,6-9,12,21-28H2,1-5H3,(H,46,48,50)(H,47,49,51). The third kappa shape index (κ3) is 8.45. The van der Waals surface area contributed by atoms with Crippen LogP contribution in [0.5, 0.6) is 0 Å². The van der Waals surface area contributed by atoms with E-state index in [1.54, 1.807) is 6.92 Å². The van der Waals surface area contributed by atoms with Crippen molar-refractivity contribution in [2.24, 2.45) is 0 Å². The highest BCUT2D eigenvalue weighted by atomic mass is 16.2. The van der Waals surface area contributed by atoms with Crippen LogP contribution in [-0.4, -0.2) is 104 Å². The lowest BCUT2D eigenvalue weighted by Crippen LogP contribution is -2.48. The summed E-state index contributed by atoms with van der Waals surface area (Å²) in [5.41, 5.74) is 7.55. The van der Waals surface area contributed by atoms with Crippen LogP contribution in [0, 0.1) is 0 Å². The summed E-state index contributed by atoms with van der Waals surface area (Å²) >= 11 is 0. The van der Waals surface area contributed by atoms with Crippen molar-refractivity contribution in [1.82, 2.24) is 38.9 Å². The number of likely N-dealkylation sites (N-methyl/N-ethyl adjacent to an activating group) is 1. The third-order valence-electron chi connectivity index (χ3n) is 12.3. The zero-order chi connectivity index (χ0) is 40.2. The van der Waals surface area contributed by atoms with Crippen LogP contribution in [-0.2, 0) is 11.2 Å². The maximum absolute atomic E-state index is 11.8. The van der Waals surface area contributed by atoms with Gasteiger partial charge in [-0.2, -0.15) is 9.97 Å². The highest BCUT2D eigenvalue weighted by Gasteiger charge is 2.21. The Bertz CT molecular complexity index is 2310. The molecule has 1 amide bonds. The van der Waals surface area contributed by atoms with Crippen LogP contribution in [0.3, 0.4) is 0 Å². The lowest BCUT2D eigenvalue weighted by Gasteiger charge is -2.35. The Morgan fingerprint density at radius 1 is 0.672 bits per heavy atom. The minimum Gasteiger partial charge on any atom is -0.369 e. The molecule has 2 N–H and O–H groups in total. The SMILES string of the molecule is CCC(CCc1cc(N2CCN(C)CC2)ccc1Nc1ncc2ccn(C(CC)CC)c2n1)n1ccc2cnc(Nc3ccc(N4CCN(C(C)=O)CC4)cc3)nc21. The molecule has 2 aliphatic rings. The van der Waals surface area contributed by atoms with Gasteiger partial charge >= 0.3 is 0 Å². The first-order valence-electron chi connectivity index (χ1n) is 21.2. The normalized spacial score (nSPS) is 15.8. The van der Waals surface area contributed by atoms with Gasteiger partial charge < -0.3 is 39.4 Å². The van der Waals surface area contributed by atoms with Crippen LogP contribution in [0.15, 0.2) is 79.4 Å². The number of nitrogens with zero attached hydrogens (tertiary/aromatic N) is 10. The fourth-order valence-corrected chi connectivity index (χ4v) is 8.58. The van der Waals surface area contributed by atoms with E-state index in [4.69, 9.17) is 15.0 Å². The Balaban J connectivity index is 1.01. The zero-order valence-corrected chi connectivity index (χ0v) is 34.7. The van der Waals surface area contributed by atoms with Gasteiger partial charge in [0.2, 0.25) is 17.8 Å². The average Bonchev–Trinajstić information content (AvgIpc) is 3.87. The summed E-state index contributed by atoms with van der Waals surface area (Å²) in [5, 5.41) is 9.17. The quantitative estimate of drug-likeness (QED) is 0.113. The molecule has 0 aliphatic carbocycles. The first-order valence-corrected chi connectivity index (χ1v) is 21.2. The second kappa shape index (κ2) is 17.4. The monoisotopic (exact) mass is 782 g/mol. The van der Waals surface area contributed by atoms with Crippen molar-refractivity contribution in [2.45, 2.75) is 71.9 Å². The number of carbonyl (C=O) groups is 1. The van der Waals surface area contributed by atoms with E-state index in [1.807, 2.05) is 17.3 Å². The molecule has 0 radical (unpaired) electrons. The average molecular weight is 783 g/mol. The predicted molar refractivity (Wildman–Crippen MR) is 236 cm³/mol. The Morgan fingerprint density at radius 2 is 1.22 bits per heavy atom. The van der Waals surface area contributed by atoms with Gasteiger partial charge in [0.25, 0.3) is 0 Å². The number of hydrogen-bond acceptors (Lipinski definition) is 10.